The van der Waals surface area contributed by atoms with Crippen molar-refractivity contribution >= 4 is 0 Å². The zero-order valence-corrected chi connectivity index (χ0v) is 8.86. The second-order valence-electron chi connectivity index (χ2n) is 1.63. The molecule has 0 spiro atoms. The predicted molar refractivity (Wildman–Crippen MR) is 55.7 cm³/mol. The van der Waals surface area contributed by atoms with E-state index in [-0.39, 0.29) is 0 Å². The van der Waals surface area contributed by atoms with E-state index in [2.05, 4.69) is 11.9 Å². The number of allylic oxidation sites excluding steroid dienone is 3. The van der Waals surface area contributed by atoms with E-state index in [1.54, 1.807) is 6.08 Å². The van der Waals surface area contributed by atoms with Crippen LogP contribution in [0.25, 0.3) is 0 Å². The van der Waals surface area contributed by atoms with Gasteiger partial charge in [0.05, 0.1) is 0 Å². The van der Waals surface area contributed by atoms with Gasteiger partial charge in [-0.15, -0.1) is 6.58 Å². The van der Waals surface area contributed by atoms with Gasteiger partial charge in [0, 0.05) is 12.7 Å². The fourth-order valence-electron chi connectivity index (χ4n) is 0.144. The highest BCUT2D eigenvalue weighted by molar-refractivity contribution is 4.90. The lowest BCUT2D eigenvalue weighted by Gasteiger charge is -1.91. The zero-order chi connectivity index (χ0) is 9.70. The van der Waals surface area contributed by atoms with Crippen LogP contribution in [0.15, 0.2) is 24.4 Å². The third-order valence-electron chi connectivity index (χ3n) is 0.827. The summed E-state index contributed by atoms with van der Waals surface area (Å²) in [6.45, 7) is 13.3. The molecule has 0 aliphatic heterocycles. The van der Waals surface area contributed by atoms with Crippen molar-refractivity contribution in [2.24, 2.45) is 0 Å². The number of nitrogens with one attached hydrogen (secondary N) is 1. The van der Waals surface area contributed by atoms with E-state index >= 15 is 0 Å². The number of rotatable bonds is 1. The minimum absolute atomic E-state index is 1.22. The smallest absolute Gasteiger partial charge is 0.00300 e. The van der Waals surface area contributed by atoms with Crippen LogP contribution in [0.1, 0.15) is 34.6 Å². The topological polar surface area (TPSA) is 12.0 Å². The molecule has 0 bridgehead atoms. The minimum atomic E-state index is 1.22. The Morgan fingerprint density at radius 2 is 1.55 bits per heavy atom. The molecular weight excluding hydrogens is 134 g/mol. The van der Waals surface area contributed by atoms with Crippen LogP contribution in [-0.4, -0.2) is 7.05 Å². The van der Waals surface area contributed by atoms with Gasteiger partial charge in [-0.05, 0) is 20.8 Å². The van der Waals surface area contributed by atoms with E-state index in [1.807, 2.05) is 47.7 Å². The third kappa shape index (κ3) is 45.7. The van der Waals surface area contributed by atoms with Crippen molar-refractivity contribution < 1.29 is 0 Å². The highest BCUT2D eigenvalue weighted by Crippen LogP contribution is 1.78. The van der Waals surface area contributed by atoms with E-state index in [0.717, 1.165) is 0 Å². The van der Waals surface area contributed by atoms with Crippen LogP contribution in [0.5, 0.6) is 0 Å². The number of hydrogen-bond acceptors (Lipinski definition) is 1. The highest BCUT2D eigenvalue weighted by atomic mass is 14.8. The molecule has 0 unspecified atom stereocenters. The Hall–Kier alpha value is -0.720. The Kier molecular flexibility index (Phi) is 34.7. The van der Waals surface area contributed by atoms with Gasteiger partial charge >= 0.3 is 0 Å². The van der Waals surface area contributed by atoms with Gasteiger partial charge in [-0.3, -0.25) is 0 Å². The van der Waals surface area contributed by atoms with Crippen LogP contribution in [0.3, 0.4) is 0 Å². The monoisotopic (exact) mass is 157 g/mol. The Morgan fingerprint density at radius 1 is 1.27 bits per heavy atom. The molecule has 0 atom stereocenters. The largest absolute Gasteiger partial charge is 0.392 e. The van der Waals surface area contributed by atoms with Gasteiger partial charge in [0.2, 0.25) is 0 Å². The van der Waals surface area contributed by atoms with Crippen LogP contribution in [0, 0.1) is 0 Å². The molecule has 0 rings (SSSR count). The van der Waals surface area contributed by atoms with Crippen LogP contribution in [0.4, 0.5) is 0 Å². The summed E-state index contributed by atoms with van der Waals surface area (Å²) in [6, 6.07) is 0. The average molecular weight is 157 g/mol. The van der Waals surface area contributed by atoms with Crippen molar-refractivity contribution in [2.45, 2.75) is 34.6 Å². The van der Waals surface area contributed by atoms with Gasteiger partial charge in [-0.2, -0.15) is 0 Å². The molecule has 11 heavy (non-hydrogen) atoms. The standard InChI is InChI=1S/C5H11N.C3H6.C2H6/c1-4-5(2)6-3;1-3-2;1-2/h4,6H,1-3H3;3H,1H2,2H3;1-2H3/b5-4+;;. The SMILES string of the molecule is C/C=C(\C)NC.C=CC.CC. The van der Waals surface area contributed by atoms with Gasteiger partial charge < -0.3 is 5.32 Å². The lowest BCUT2D eigenvalue weighted by Crippen LogP contribution is -1.99. The summed E-state index contributed by atoms with van der Waals surface area (Å²) in [7, 11) is 1.91. The summed E-state index contributed by atoms with van der Waals surface area (Å²) in [5.41, 5.74) is 1.22. The summed E-state index contributed by atoms with van der Waals surface area (Å²) in [4.78, 5) is 0. The van der Waals surface area contributed by atoms with Crippen molar-refractivity contribution in [3.63, 3.8) is 0 Å². The molecule has 68 valence electrons. The lowest BCUT2D eigenvalue weighted by atomic mass is 10.5. The normalized spacial score (nSPS) is 8.00. The second kappa shape index (κ2) is 22.8. The molecule has 0 aromatic heterocycles. The van der Waals surface area contributed by atoms with Crippen LogP contribution in [-0.2, 0) is 0 Å². The molecule has 0 aliphatic rings. The molecule has 0 saturated heterocycles. The van der Waals surface area contributed by atoms with E-state index in [9.17, 15) is 0 Å². The maximum Gasteiger partial charge on any atom is 0.00300 e. The maximum atomic E-state index is 3.36. The van der Waals surface area contributed by atoms with Crippen molar-refractivity contribution in [3.8, 4) is 0 Å². The van der Waals surface area contributed by atoms with Gasteiger partial charge in [0.1, 0.15) is 0 Å². The van der Waals surface area contributed by atoms with Gasteiger partial charge in [0.15, 0.2) is 0 Å². The van der Waals surface area contributed by atoms with Crippen molar-refractivity contribution in [3.05, 3.63) is 24.4 Å². The van der Waals surface area contributed by atoms with Crippen molar-refractivity contribution in [2.75, 3.05) is 7.05 Å². The van der Waals surface area contributed by atoms with Gasteiger partial charge in [0.25, 0.3) is 0 Å². The number of hydrogen-bond donors (Lipinski definition) is 1. The van der Waals surface area contributed by atoms with Gasteiger partial charge in [-0.1, -0.05) is 26.0 Å². The molecule has 1 nitrogen and oxygen atoms in total. The average Bonchev–Trinajstić information content (AvgIpc) is 2.08. The first-order valence-corrected chi connectivity index (χ1v) is 4.10. The molecular formula is C10H23N. The Balaban J connectivity index is -0.000000109. The first-order chi connectivity index (χ1) is 5.22. The minimum Gasteiger partial charge on any atom is -0.392 e. The molecule has 1 N–H and O–H groups in total. The molecule has 0 radical (unpaired) electrons. The van der Waals surface area contributed by atoms with E-state index < -0.39 is 0 Å². The summed E-state index contributed by atoms with van der Waals surface area (Å²) in [5, 5.41) is 2.98. The molecule has 0 aliphatic carbocycles. The van der Waals surface area contributed by atoms with Gasteiger partial charge in [-0.25, -0.2) is 0 Å². The summed E-state index contributed by atoms with van der Waals surface area (Å²) < 4.78 is 0. The first-order valence-electron chi connectivity index (χ1n) is 4.10. The van der Waals surface area contributed by atoms with E-state index in [0.29, 0.717) is 0 Å². The zero-order valence-electron chi connectivity index (χ0n) is 8.86. The molecule has 1 heteroatoms. The summed E-state index contributed by atoms with van der Waals surface area (Å²) in [6.07, 6.45) is 3.78. The van der Waals surface area contributed by atoms with E-state index in [4.69, 9.17) is 0 Å². The third-order valence-corrected chi connectivity index (χ3v) is 0.827. The predicted octanol–water partition coefficient (Wildman–Crippen LogP) is 3.35. The lowest BCUT2D eigenvalue weighted by molar-refractivity contribution is 0.985. The maximum absolute atomic E-state index is 3.36. The molecule has 0 amide bonds. The Labute approximate surface area is 72.2 Å². The molecule has 0 heterocycles. The molecule has 0 aromatic carbocycles. The van der Waals surface area contributed by atoms with Crippen LogP contribution >= 0.6 is 0 Å². The van der Waals surface area contributed by atoms with Crippen LogP contribution < -0.4 is 5.32 Å². The summed E-state index contributed by atoms with van der Waals surface area (Å²) >= 11 is 0. The fourth-order valence-corrected chi connectivity index (χ4v) is 0.144. The van der Waals surface area contributed by atoms with E-state index in [1.165, 1.54) is 5.70 Å². The van der Waals surface area contributed by atoms with Crippen LogP contribution in [0.2, 0.25) is 0 Å². The van der Waals surface area contributed by atoms with Crippen molar-refractivity contribution in [1.82, 2.24) is 5.32 Å². The second-order valence-corrected chi connectivity index (χ2v) is 1.63. The summed E-state index contributed by atoms with van der Waals surface area (Å²) in [5.74, 6) is 0. The first kappa shape index (κ1) is 16.7. The Bertz CT molecular complexity index is 82.9. The highest BCUT2D eigenvalue weighted by Gasteiger charge is 1.69. The fraction of sp³-hybridized carbons (Fsp3) is 0.600. The van der Waals surface area contributed by atoms with Crippen molar-refractivity contribution in [1.29, 1.82) is 0 Å². The quantitative estimate of drug-likeness (QED) is 0.576. The molecule has 0 fully saturated rings. The molecule has 0 saturated carbocycles. The Morgan fingerprint density at radius 3 is 1.55 bits per heavy atom. The molecule has 0 aromatic rings.